The predicted molar refractivity (Wildman–Crippen MR) is 71.0 cm³/mol. The van der Waals surface area contributed by atoms with Crippen LogP contribution in [-0.2, 0) is 4.74 Å². The van der Waals surface area contributed by atoms with Crippen molar-refractivity contribution in [3.63, 3.8) is 0 Å². The summed E-state index contributed by atoms with van der Waals surface area (Å²) in [7, 11) is 0. The molecule has 0 aromatic rings. The van der Waals surface area contributed by atoms with Gasteiger partial charge >= 0.3 is 0 Å². The Hall–Kier alpha value is -0.120. The Morgan fingerprint density at radius 3 is 2.76 bits per heavy atom. The van der Waals surface area contributed by atoms with Crippen LogP contribution in [0.2, 0.25) is 0 Å². The molecule has 2 N–H and O–H groups in total. The van der Waals surface area contributed by atoms with Crippen molar-refractivity contribution < 1.29 is 4.74 Å². The third-order valence-corrected chi connectivity index (χ3v) is 4.22. The number of hydrogen-bond donors (Lipinski definition) is 1. The van der Waals surface area contributed by atoms with E-state index in [0.717, 1.165) is 19.7 Å². The van der Waals surface area contributed by atoms with Gasteiger partial charge in [-0.05, 0) is 32.6 Å². The SMILES string of the molecule is CC1(C)CN(CC2CCCCCC2N)CCO1. The van der Waals surface area contributed by atoms with Crippen LogP contribution in [0.1, 0.15) is 46.0 Å². The zero-order valence-corrected chi connectivity index (χ0v) is 11.5. The van der Waals surface area contributed by atoms with Crippen molar-refractivity contribution in [1.82, 2.24) is 4.90 Å². The molecule has 3 heteroatoms. The van der Waals surface area contributed by atoms with Crippen molar-refractivity contribution in [1.29, 1.82) is 0 Å². The molecule has 100 valence electrons. The molecule has 0 aromatic carbocycles. The molecule has 0 amide bonds. The number of ether oxygens (including phenoxy) is 1. The van der Waals surface area contributed by atoms with Crippen LogP contribution in [0.4, 0.5) is 0 Å². The first-order valence-electron chi connectivity index (χ1n) is 7.19. The van der Waals surface area contributed by atoms with Crippen LogP contribution in [0.15, 0.2) is 0 Å². The maximum atomic E-state index is 6.31. The van der Waals surface area contributed by atoms with Gasteiger partial charge in [0, 0.05) is 25.7 Å². The van der Waals surface area contributed by atoms with Crippen molar-refractivity contribution >= 4 is 0 Å². The first kappa shape index (κ1) is 13.3. The highest BCUT2D eigenvalue weighted by atomic mass is 16.5. The van der Waals surface area contributed by atoms with Crippen LogP contribution in [0, 0.1) is 5.92 Å². The van der Waals surface area contributed by atoms with Gasteiger partial charge in [0.15, 0.2) is 0 Å². The van der Waals surface area contributed by atoms with Crippen LogP contribution in [-0.4, -0.2) is 42.8 Å². The molecule has 1 aliphatic carbocycles. The molecule has 0 radical (unpaired) electrons. The van der Waals surface area contributed by atoms with E-state index in [0.29, 0.717) is 12.0 Å². The van der Waals surface area contributed by atoms with Crippen molar-refractivity contribution in [3.8, 4) is 0 Å². The molecule has 2 atom stereocenters. The van der Waals surface area contributed by atoms with Crippen LogP contribution in [0.5, 0.6) is 0 Å². The van der Waals surface area contributed by atoms with E-state index >= 15 is 0 Å². The lowest BCUT2D eigenvalue weighted by atomic mass is 9.94. The predicted octanol–water partition coefficient (Wildman–Crippen LogP) is 2.00. The molecule has 1 saturated heterocycles. The summed E-state index contributed by atoms with van der Waals surface area (Å²) in [6.07, 6.45) is 6.61. The van der Waals surface area contributed by atoms with E-state index < -0.39 is 0 Å². The highest BCUT2D eigenvalue weighted by Gasteiger charge is 2.30. The molecule has 1 aliphatic heterocycles. The zero-order chi connectivity index (χ0) is 12.3. The van der Waals surface area contributed by atoms with E-state index in [9.17, 15) is 0 Å². The zero-order valence-electron chi connectivity index (χ0n) is 11.5. The van der Waals surface area contributed by atoms with Crippen molar-refractivity contribution in [2.75, 3.05) is 26.2 Å². The van der Waals surface area contributed by atoms with Gasteiger partial charge in [-0.2, -0.15) is 0 Å². The standard InChI is InChI=1S/C14H28N2O/c1-14(2)11-16(8-9-17-14)10-12-6-4-3-5-7-13(12)15/h12-13H,3-11,15H2,1-2H3. The first-order valence-corrected chi connectivity index (χ1v) is 7.19. The fraction of sp³-hybridized carbons (Fsp3) is 1.00. The summed E-state index contributed by atoms with van der Waals surface area (Å²) in [5.41, 5.74) is 6.33. The lowest BCUT2D eigenvalue weighted by Gasteiger charge is -2.40. The molecule has 2 fully saturated rings. The summed E-state index contributed by atoms with van der Waals surface area (Å²) < 4.78 is 5.76. The Bertz CT molecular complexity index is 242. The van der Waals surface area contributed by atoms with Gasteiger partial charge in [-0.1, -0.05) is 19.3 Å². The average Bonchev–Trinajstić information content (AvgIpc) is 2.43. The van der Waals surface area contributed by atoms with Gasteiger partial charge in [-0.25, -0.2) is 0 Å². The van der Waals surface area contributed by atoms with E-state index in [2.05, 4.69) is 18.7 Å². The van der Waals surface area contributed by atoms with E-state index in [1.54, 1.807) is 0 Å². The van der Waals surface area contributed by atoms with Gasteiger partial charge in [0.2, 0.25) is 0 Å². The van der Waals surface area contributed by atoms with Gasteiger partial charge < -0.3 is 10.5 Å². The molecule has 0 bridgehead atoms. The van der Waals surface area contributed by atoms with Gasteiger partial charge in [0.1, 0.15) is 0 Å². The fourth-order valence-electron chi connectivity index (χ4n) is 3.24. The first-order chi connectivity index (χ1) is 8.07. The van der Waals surface area contributed by atoms with Crippen molar-refractivity contribution in [2.45, 2.75) is 57.6 Å². The van der Waals surface area contributed by atoms with Crippen LogP contribution in [0.3, 0.4) is 0 Å². The molecular formula is C14H28N2O. The summed E-state index contributed by atoms with van der Waals surface area (Å²) >= 11 is 0. The van der Waals surface area contributed by atoms with E-state index in [-0.39, 0.29) is 5.60 Å². The Balaban J connectivity index is 1.86. The minimum absolute atomic E-state index is 0.0209. The molecule has 1 heterocycles. The molecular weight excluding hydrogens is 212 g/mol. The Morgan fingerprint density at radius 2 is 2.00 bits per heavy atom. The fourth-order valence-corrected chi connectivity index (χ4v) is 3.24. The summed E-state index contributed by atoms with van der Waals surface area (Å²) in [5, 5.41) is 0. The number of morpholine rings is 1. The molecule has 17 heavy (non-hydrogen) atoms. The Labute approximate surface area is 106 Å². The second-order valence-corrected chi connectivity index (χ2v) is 6.41. The summed E-state index contributed by atoms with van der Waals surface area (Å²) in [4.78, 5) is 2.55. The van der Waals surface area contributed by atoms with E-state index in [1.807, 2.05) is 0 Å². The molecule has 0 aromatic heterocycles. The third kappa shape index (κ3) is 3.94. The van der Waals surface area contributed by atoms with Gasteiger partial charge in [-0.3, -0.25) is 4.90 Å². The topological polar surface area (TPSA) is 38.5 Å². The van der Waals surface area contributed by atoms with E-state index in [1.165, 1.54) is 38.6 Å². The van der Waals surface area contributed by atoms with Crippen LogP contribution < -0.4 is 5.73 Å². The van der Waals surface area contributed by atoms with Crippen molar-refractivity contribution in [3.05, 3.63) is 0 Å². The Kier molecular flexibility index (Phi) is 4.45. The lowest BCUT2D eigenvalue weighted by molar-refractivity contribution is -0.0897. The molecule has 2 aliphatic rings. The molecule has 3 nitrogen and oxygen atoms in total. The average molecular weight is 240 g/mol. The van der Waals surface area contributed by atoms with Gasteiger partial charge in [0.25, 0.3) is 0 Å². The van der Waals surface area contributed by atoms with E-state index in [4.69, 9.17) is 10.5 Å². The highest BCUT2D eigenvalue weighted by Crippen LogP contribution is 2.25. The second-order valence-electron chi connectivity index (χ2n) is 6.41. The smallest absolute Gasteiger partial charge is 0.0753 e. The summed E-state index contributed by atoms with van der Waals surface area (Å²) in [5.74, 6) is 0.700. The van der Waals surface area contributed by atoms with Crippen LogP contribution in [0.25, 0.3) is 0 Å². The minimum atomic E-state index is 0.0209. The Morgan fingerprint density at radius 1 is 1.24 bits per heavy atom. The minimum Gasteiger partial charge on any atom is -0.373 e. The molecule has 1 saturated carbocycles. The monoisotopic (exact) mass is 240 g/mol. The number of nitrogens with zero attached hydrogens (tertiary/aromatic N) is 1. The lowest BCUT2D eigenvalue weighted by Crippen LogP contribution is -2.51. The largest absolute Gasteiger partial charge is 0.373 e. The molecule has 2 rings (SSSR count). The molecule has 2 unspecified atom stereocenters. The number of nitrogens with two attached hydrogens (primary N) is 1. The third-order valence-electron chi connectivity index (χ3n) is 4.22. The summed E-state index contributed by atoms with van der Waals surface area (Å²) in [6, 6.07) is 0.420. The maximum absolute atomic E-state index is 6.31. The highest BCUT2D eigenvalue weighted by molar-refractivity contribution is 4.84. The van der Waals surface area contributed by atoms with Crippen molar-refractivity contribution in [2.24, 2.45) is 11.7 Å². The second kappa shape index (κ2) is 5.68. The number of rotatable bonds is 2. The normalized spacial score (nSPS) is 35.5. The maximum Gasteiger partial charge on any atom is 0.0753 e. The quantitative estimate of drug-likeness (QED) is 0.750. The van der Waals surface area contributed by atoms with Gasteiger partial charge in [-0.15, -0.1) is 0 Å². The van der Waals surface area contributed by atoms with Gasteiger partial charge in [0.05, 0.1) is 12.2 Å². The van der Waals surface area contributed by atoms with Crippen LogP contribution >= 0.6 is 0 Å². The molecule has 0 spiro atoms. The number of hydrogen-bond acceptors (Lipinski definition) is 3. The summed E-state index contributed by atoms with van der Waals surface area (Å²) in [6.45, 7) is 8.55.